The zero-order valence-corrected chi connectivity index (χ0v) is 9.93. The van der Waals surface area contributed by atoms with Crippen LogP contribution >= 0.6 is 0 Å². The fraction of sp³-hybridized carbons (Fsp3) is 0.500. The first-order chi connectivity index (χ1) is 7.79. The Bertz CT molecular complexity index is 312. The van der Waals surface area contributed by atoms with E-state index in [1.54, 1.807) is 0 Å². The second kappa shape index (κ2) is 5.35. The lowest BCUT2D eigenvalue weighted by Gasteiger charge is -2.22. The van der Waals surface area contributed by atoms with Crippen molar-refractivity contribution < 1.29 is 4.74 Å². The zero-order chi connectivity index (χ0) is 11.4. The molecule has 16 heavy (non-hydrogen) atoms. The summed E-state index contributed by atoms with van der Waals surface area (Å²) in [6.07, 6.45) is 3.88. The van der Waals surface area contributed by atoms with Crippen LogP contribution in [0.1, 0.15) is 19.3 Å². The molecular weight excluding hydrogens is 198 g/mol. The van der Waals surface area contributed by atoms with Crippen LogP contribution in [0.25, 0.3) is 0 Å². The van der Waals surface area contributed by atoms with E-state index in [4.69, 9.17) is 4.74 Å². The third kappa shape index (κ3) is 2.76. The molecule has 0 amide bonds. The van der Waals surface area contributed by atoms with E-state index in [-0.39, 0.29) is 0 Å². The minimum absolute atomic E-state index is 0.376. The second-order valence-electron chi connectivity index (χ2n) is 4.50. The molecule has 0 bridgehead atoms. The van der Waals surface area contributed by atoms with E-state index in [9.17, 15) is 0 Å². The number of benzene rings is 1. The zero-order valence-electron chi connectivity index (χ0n) is 9.93. The summed E-state index contributed by atoms with van der Waals surface area (Å²) in [5.74, 6) is 0.991. The lowest BCUT2D eigenvalue weighted by molar-refractivity contribution is 0.189. The van der Waals surface area contributed by atoms with Crippen molar-refractivity contribution in [1.82, 2.24) is 4.90 Å². The van der Waals surface area contributed by atoms with Gasteiger partial charge >= 0.3 is 0 Å². The van der Waals surface area contributed by atoms with E-state index >= 15 is 0 Å². The molecule has 0 N–H and O–H groups in total. The Morgan fingerprint density at radius 2 is 2.06 bits per heavy atom. The first kappa shape index (κ1) is 11.5. The van der Waals surface area contributed by atoms with Crippen molar-refractivity contribution in [3.05, 3.63) is 37.3 Å². The molecule has 2 rings (SSSR count). The molecule has 1 saturated carbocycles. The van der Waals surface area contributed by atoms with Crippen molar-refractivity contribution >= 4 is 0 Å². The highest BCUT2D eigenvalue weighted by atomic mass is 16.5. The Morgan fingerprint density at radius 3 is 2.75 bits per heavy atom. The minimum atomic E-state index is 0.376. The molecule has 1 radical (unpaired) electrons. The van der Waals surface area contributed by atoms with Gasteiger partial charge in [-0.1, -0.05) is 18.2 Å². The summed E-state index contributed by atoms with van der Waals surface area (Å²) in [5, 5.41) is 0. The Balaban J connectivity index is 1.85. The van der Waals surface area contributed by atoms with Crippen LogP contribution in [0.3, 0.4) is 0 Å². The number of hydrogen-bond donors (Lipinski definition) is 0. The maximum absolute atomic E-state index is 5.95. The lowest BCUT2D eigenvalue weighted by atomic mass is 10.2. The normalized spacial score (nSPS) is 24.9. The van der Waals surface area contributed by atoms with Gasteiger partial charge in [0.05, 0.1) is 0 Å². The van der Waals surface area contributed by atoms with Crippen molar-refractivity contribution in [3.8, 4) is 5.75 Å². The molecule has 1 aliphatic rings. The number of hydrogen-bond acceptors (Lipinski definition) is 2. The highest BCUT2D eigenvalue weighted by molar-refractivity contribution is 5.21. The average Bonchev–Trinajstić information content (AvgIpc) is 2.78. The molecular formula is C14H20NO. The Morgan fingerprint density at radius 1 is 1.31 bits per heavy atom. The number of rotatable bonds is 4. The van der Waals surface area contributed by atoms with Gasteiger partial charge in [-0.3, -0.25) is 0 Å². The van der Waals surface area contributed by atoms with Gasteiger partial charge in [0.2, 0.25) is 0 Å². The molecule has 2 unspecified atom stereocenters. The number of ether oxygens (including phenoxy) is 1. The Kier molecular flexibility index (Phi) is 3.83. The molecule has 1 aromatic carbocycles. The first-order valence-electron chi connectivity index (χ1n) is 6.01. The van der Waals surface area contributed by atoms with Gasteiger partial charge in [-0.15, -0.1) is 0 Å². The van der Waals surface area contributed by atoms with E-state index in [1.807, 2.05) is 30.3 Å². The quantitative estimate of drug-likeness (QED) is 0.770. The molecule has 0 spiro atoms. The maximum Gasteiger partial charge on any atom is 0.119 e. The molecule has 2 atom stereocenters. The average molecular weight is 218 g/mol. The van der Waals surface area contributed by atoms with E-state index < -0.39 is 0 Å². The van der Waals surface area contributed by atoms with Crippen molar-refractivity contribution in [2.24, 2.45) is 0 Å². The van der Waals surface area contributed by atoms with Crippen molar-refractivity contribution in [2.75, 3.05) is 13.6 Å². The number of nitrogens with zero attached hydrogens (tertiary/aromatic N) is 1. The van der Waals surface area contributed by atoms with Crippen molar-refractivity contribution in [2.45, 2.75) is 31.4 Å². The van der Waals surface area contributed by atoms with Crippen molar-refractivity contribution in [1.29, 1.82) is 0 Å². The molecule has 0 heterocycles. The fourth-order valence-corrected chi connectivity index (χ4v) is 2.30. The minimum Gasteiger partial charge on any atom is -0.490 e. The summed E-state index contributed by atoms with van der Waals surface area (Å²) in [6, 6.07) is 10.7. The monoisotopic (exact) mass is 218 g/mol. The van der Waals surface area contributed by atoms with Crippen LogP contribution in [-0.4, -0.2) is 30.6 Å². The van der Waals surface area contributed by atoms with E-state index in [2.05, 4.69) is 18.9 Å². The SMILES string of the molecule is [CH2]CN(C)C1CCC(Oc2ccccc2)C1. The molecule has 0 aliphatic heterocycles. The predicted molar refractivity (Wildman–Crippen MR) is 66.5 cm³/mol. The molecule has 87 valence electrons. The van der Waals surface area contributed by atoms with Gasteiger partial charge in [-0.05, 0) is 51.9 Å². The van der Waals surface area contributed by atoms with Crippen LogP contribution < -0.4 is 4.74 Å². The van der Waals surface area contributed by atoms with E-state index in [1.165, 1.54) is 6.42 Å². The van der Waals surface area contributed by atoms with Crippen LogP contribution in [0.15, 0.2) is 30.3 Å². The predicted octanol–water partition coefficient (Wildman–Crippen LogP) is 2.75. The van der Waals surface area contributed by atoms with E-state index in [0.717, 1.165) is 25.1 Å². The highest BCUT2D eigenvalue weighted by Crippen LogP contribution is 2.27. The Labute approximate surface area is 98.2 Å². The maximum atomic E-state index is 5.95. The molecule has 1 aromatic rings. The van der Waals surface area contributed by atoms with E-state index in [0.29, 0.717) is 12.1 Å². The summed E-state index contributed by atoms with van der Waals surface area (Å²) < 4.78 is 5.95. The fourth-order valence-electron chi connectivity index (χ4n) is 2.30. The Hall–Kier alpha value is -1.02. The summed E-state index contributed by atoms with van der Waals surface area (Å²) >= 11 is 0. The highest BCUT2D eigenvalue weighted by Gasteiger charge is 2.28. The van der Waals surface area contributed by atoms with Gasteiger partial charge in [-0.2, -0.15) is 0 Å². The van der Waals surface area contributed by atoms with Gasteiger partial charge < -0.3 is 9.64 Å². The molecule has 0 saturated heterocycles. The molecule has 2 nitrogen and oxygen atoms in total. The third-order valence-corrected chi connectivity index (χ3v) is 3.38. The van der Waals surface area contributed by atoms with Crippen LogP contribution in [0, 0.1) is 6.92 Å². The number of para-hydroxylation sites is 1. The van der Waals surface area contributed by atoms with Gasteiger partial charge in [0.1, 0.15) is 11.9 Å². The summed E-state index contributed by atoms with van der Waals surface area (Å²) in [7, 11) is 2.14. The topological polar surface area (TPSA) is 12.5 Å². The smallest absolute Gasteiger partial charge is 0.119 e. The first-order valence-corrected chi connectivity index (χ1v) is 6.01. The summed E-state index contributed by atoms with van der Waals surface area (Å²) in [5.41, 5.74) is 0. The van der Waals surface area contributed by atoms with Crippen molar-refractivity contribution in [3.63, 3.8) is 0 Å². The van der Waals surface area contributed by atoms with Crippen LogP contribution in [0.5, 0.6) is 5.75 Å². The van der Waals surface area contributed by atoms with Crippen LogP contribution in [0.2, 0.25) is 0 Å². The molecule has 1 fully saturated rings. The summed E-state index contributed by atoms with van der Waals surface area (Å²) in [6.45, 7) is 4.80. The van der Waals surface area contributed by atoms with Gasteiger partial charge in [-0.25, -0.2) is 0 Å². The summed E-state index contributed by atoms with van der Waals surface area (Å²) in [4.78, 5) is 2.31. The molecule has 2 heteroatoms. The van der Waals surface area contributed by atoms with Gasteiger partial charge in [0.15, 0.2) is 0 Å². The van der Waals surface area contributed by atoms with Gasteiger partial charge in [0, 0.05) is 6.04 Å². The lowest BCUT2D eigenvalue weighted by Crippen LogP contribution is -2.30. The van der Waals surface area contributed by atoms with Crippen LogP contribution in [-0.2, 0) is 0 Å². The standard InChI is InChI=1S/C14H20NO/c1-3-15(2)12-9-10-14(11-12)16-13-7-5-4-6-8-13/h4-8,12,14H,1,3,9-11H2,2H3. The largest absolute Gasteiger partial charge is 0.490 e. The molecule has 0 aromatic heterocycles. The second-order valence-corrected chi connectivity index (χ2v) is 4.50. The third-order valence-electron chi connectivity index (χ3n) is 3.38. The van der Waals surface area contributed by atoms with Gasteiger partial charge in [0.25, 0.3) is 0 Å². The van der Waals surface area contributed by atoms with Crippen LogP contribution in [0.4, 0.5) is 0 Å². The molecule has 1 aliphatic carbocycles.